The molecule has 16 heavy (non-hydrogen) atoms. The van der Waals surface area contributed by atoms with E-state index in [1.54, 1.807) is 6.20 Å². The lowest BCUT2D eigenvalue weighted by Gasteiger charge is -2.00. The van der Waals surface area contributed by atoms with E-state index in [4.69, 9.17) is 11.6 Å². The summed E-state index contributed by atoms with van der Waals surface area (Å²) in [6.07, 6.45) is 1.63. The summed E-state index contributed by atoms with van der Waals surface area (Å²) in [5.41, 5.74) is 2.33. The number of aromatic nitrogens is 4. The molecule has 0 aliphatic heterocycles. The molecule has 1 aromatic carbocycles. The summed E-state index contributed by atoms with van der Waals surface area (Å²) in [6.45, 7) is 0. The Morgan fingerprint density at radius 3 is 2.69 bits per heavy atom. The normalized spacial score (nSPS) is 10.8. The van der Waals surface area contributed by atoms with E-state index in [2.05, 4.69) is 20.2 Å². The number of fused-ring (bicyclic) bond motifs is 1. The van der Waals surface area contributed by atoms with Gasteiger partial charge in [-0.1, -0.05) is 41.9 Å². The standard InChI is InChI=1S/C11H7ClN4/c12-10-9-8(6-13-16-9)14-11(15-10)7-4-2-1-3-5-7/h1-6H,(H,13,16). The van der Waals surface area contributed by atoms with Crippen LogP contribution in [0.4, 0.5) is 0 Å². The molecule has 0 aliphatic rings. The molecule has 0 saturated heterocycles. The van der Waals surface area contributed by atoms with Crippen LogP contribution in [0.2, 0.25) is 5.15 Å². The highest BCUT2D eigenvalue weighted by Gasteiger charge is 2.08. The molecule has 0 atom stereocenters. The maximum atomic E-state index is 6.03. The highest BCUT2D eigenvalue weighted by Crippen LogP contribution is 2.22. The fraction of sp³-hybridized carbons (Fsp3) is 0. The van der Waals surface area contributed by atoms with Gasteiger partial charge in [0.05, 0.1) is 6.20 Å². The summed E-state index contributed by atoms with van der Waals surface area (Å²) in [7, 11) is 0. The number of H-pyrrole nitrogens is 1. The molecule has 5 heteroatoms. The Hall–Kier alpha value is -1.94. The van der Waals surface area contributed by atoms with Gasteiger partial charge in [-0.25, -0.2) is 9.97 Å². The maximum Gasteiger partial charge on any atom is 0.161 e. The first-order chi connectivity index (χ1) is 7.84. The van der Waals surface area contributed by atoms with E-state index in [9.17, 15) is 0 Å². The molecule has 1 N–H and O–H groups in total. The van der Waals surface area contributed by atoms with E-state index >= 15 is 0 Å². The van der Waals surface area contributed by atoms with Crippen LogP contribution in [0.3, 0.4) is 0 Å². The van der Waals surface area contributed by atoms with Gasteiger partial charge in [-0.15, -0.1) is 0 Å². The van der Waals surface area contributed by atoms with E-state index in [0.717, 1.165) is 11.1 Å². The zero-order valence-electron chi connectivity index (χ0n) is 8.18. The molecule has 3 aromatic rings. The number of hydrogen-bond donors (Lipinski definition) is 1. The number of rotatable bonds is 1. The molecule has 3 rings (SSSR count). The Bertz CT molecular complexity index is 633. The number of benzene rings is 1. The van der Waals surface area contributed by atoms with Crippen LogP contribution < -0.4 is 0 Å². The van der Waals surface area contributed by atoms with Gasteiger partial charge >= 0.3 is 0 Å². The molecule has 0 aliphatic carbocycles. The monoisotopic (exact) mass is 230 g/mol. The summed E-state index contributed by atoms with van der Waals surface area (Å²) in [5.74, 6) is 0.611. The van der Waals surface area contributed by atoms with Crippen molar-refractivity contribution in [2.24, 2.45) is 0 Å². The van der Waals surface area contributed by atoms with Gasteiger partial charge in [0.2, 0.25) is 0 Å². The molecular weight excluding hydrogens is 224 g/mol. The van der Waals surface area contributed by atoms with Crippen LogP contribution >= 0.6 is 11.6 Å². The van der Waals surface area contributed by atoms with Crippen LogP contribution in [0, 0.1) is 0 Å². The lowest BCUT2D eigenvalue weighted by atomic mass is 10.2. The lowest BCUT2D eigenvalue weighted by Crippen LogP contribution is -1.90. The van der Waals surface area contributed by atoms with Crippen molar-refractivity contribution >= 4 is 22.6 Å². The third kappa shape index (κ3) is 1.44. The van der Waals surface area contributed by atoms with Crippen molar-refractivity contribution in [3.05, 3.63) is 41.7 Å². The summed E-state index contributed by atoms with van der Waals surface area (Å²) in [6, 6.07) is 9.70. The molecule has 0 unspecified atom stereocenters. The minimum atomic E-state index is 0.390. The summed E-state index contributed by atoms with van der Waals surface area (Å²) < 4.78 is 0. The van der Waals surface area contributed by atoms with E-state index in [1.165, 1.54) is 0 Å². The predicted molar refractivity (Wildman–Crippen MR) is 62.1 cm³/mol. The summed E-state index contributed by atoms with van der Waals surface area (Å²) >= 11 is 6.03. The van der Waals surface area contributed by atoms with Crippen molar-refractivity contribution in [3.8, 4) is 11.4 Å². The highest BCUT2D eigenvalue weighted by molar-refractivity contribution is 6.33. The first-order valence-electron chi connectivity index (χ1n) is 4.76. The van der Waals surface area contributed by atoms with Gasteiger partial charge < -0.3 is 0 Å². The van der Waals surface area contributed by atoms with E-state index in [0.29, 0.717) is 16.5 Å². The van der Waals surface area contributed by atoms with Crippen molar-refractivity contribution in [2.45, 2.75) is 0 Å². The maximum absolute atomic E-state index is 6.03. The van der Waals surface area contributed by atoms with Gasteiger partial charge in [0.15, 0.2) is 11.0 Å². The van der Waals surface area contributed by atoms with Gasteiger partial charge in [-0.2, -0.15) is 5.10 Å². The van der Waals surface area contributed by atoms with Crippen molar-refractivity contribution < 1.29 is 0 Å². The number of halogens is 1. The molecule has 2 aromatic heterocycles. The van der Waals surface area contributed by atoms with Crippen molar-refractivity contribution in [2.75, 3.05) is 0 Å². The third-order valence-corrected chi connectivity index (χ3v) is 2.56. The van der Waals surface area contributed by atoms with E-state index in [1.807, 2.05) is 30.3 Å². The average molecular weight is 231 g/mol. The molecule has 4 nitrogen and oxygen atoms in total. The van der Waals surface area contributed by atoms with Gasteiger partial charge in [-0.05, 0) is 0 Å². The molecule has 2 heterocycles. The van der Waals surface area contributed by atoms with Crippen LogP contribution in [-0.2, 0) is 0 Å². The van der Waals surface area contributed by atoms with Crippen LogP contribution in [0.25, 0.3) is 22.4 Å². The van der Waals surface area contributed by atoms with Crippen molar-refractivity contribution in [3.63, 3.8) is 0 Å². The van der Waals surface area contributed by atoms with Gasteiger partial charge in [-0.3, -0.25) is 5.10 Å². The lowest BCUT2D eigenvalue weighted by molar-refractivity contribution is 1.11. The van der Waals surface area contributed by atoms with Crippen LogP contribution in [0.15, 0.2) is 36.5 Å². The quantitative estimate of drug-likeness (QED) is 0.654. The molecule has 0 fully saturated rings. The second-order valence-electron chi connectivity index (χ2n) is 3.33. The third-order valence-electron chi connectivity index (χ3n) is 2.29. The second kappa shape index (κ2) is 3.57. The number of aromatic amines is 1. The summed E-state index contributed by atoms with van der Waals surface area (Å²) in [5, 5.41) is 7.03. The molecular formula is C11H7ClN4. The second-order valence-corrected chi connectivity index (χ2v) is 3.69. The Morgan fingerprint density at radius 2 is 1.88 bits per heavy atom. The average Bonchev–Trinajstić information content (AvgIpc) is 2.79. The largest absolute Gasteiger partial charge is 0.273 e. The minimum Gasteiger partial charge on any atom is -0.273 e. The zero-order valence-corrected chi connectivity index (χ0v) is 8.94. The highest BCUT2D eigenvalue weighted by atomic mass is 35.5. The van der Waals surface area contributed by atoms with Gasteiger partial charge in [0, 0.05) is 5.56 Å². The van der Waals surface area contributed by atoms with Crippen LogP contribution in [-0.4, -0.2) is 20.2 Å². The van der Waals surface area contributed by atoms with E-state index in [-0.39, 0.29) is 0 Å². The fourth-order valence-electron chi connectivity index (χ4n) is 1.52. The Kier molecular flexibility index (Phi) is 2.08. The fourth-order valence-corrected chi connectivity index (χ4v) is 1.74. The SMILES string of the molecule is Clc1nc(-c2ccccc2)nc2cn[nH]c12. The van der Waals surface area contributed by atoms with Crippen LogP contribution in [0.1, 0.15) is 0 Å². The van der Waals surface area contributed by atoms with Gasteiger partial charge in [0.1, 0.15) is 11.0 Å². The first kappa shape index (κ1) is 9.30. The number of hydrogen-bond acceptors (Lipinski definition) is 3. The zero-order chi connectivity index (χ0) is 11.0. The Balaban J connectivity index is 2.25. The van der Waals surface area contributed by atoms with Crippen LogP contribution in [0.5, 0.6) is 0 Å². The molecule has 78 valence electrons. The molecule has 0 amide bonds. The van der Waals surface area contributed by atoms with Crippen molar-refractivity contribution in [1.29, 1.82) is 0 Å². The smallest absolute Gasteiger partial charge is 0.161 e. The molecule has 0 bridgehead atoms. The van der Waals surface area contributed by atoms with E-state index < -0.39 is 0 Å². The Labute approximate surface area is 96.3 Å². The molecule has 0 saturated carbocycles. The topological polar surface area (TPSA) is 54.5 Å². The molecule has 0 spiro atoms. The first-order valence-corrected chi connectivity index (χ1v) is 5.14. The Morgan fingerprint density at radius 1 is 1.06 bits per heavy atom. The minimum absolute atomic E-state index is 0.390. The predicted octanol–water partition coefficient (Wildman–Crippen LogP) is 2.67. The molecule has 0 radical (unpaired) electrons. The van der Waals surface area contributed by atoms with Gasteiger partial charge in [0.25, 0.3) is 0 Å². The van der Waals surface area contributed by atoms with Crippen molar-refractivity contribution in [1.82, 2.24) is 20.2 Å². The number of nitrogens with zero attached hydrogens (tertiary/aromatic N) is 3. The number of nitrogens with one attached hydrogen (secondary N) is 1. The summed E-state index contributed by atoms with van der Waals surface area (Å²) in [4.78, 5) is 8.60.